The lowest BCUT2D eigenvalue weighted by Gasteiger charge is -2.10. The zero-order valence-electron chi connectivity index (χ0n) is 19.1. The third kappa shape index (κ3) is 4.79. The number of esters is 1. The number of anilines is 1. The predicted molar refractivity (Wildman–Crippen MR) is 122 cm³/mol. The Balaban J connectivity index is 1.87. The second kappa shape index (κ2) is 9.77. The molecule has 3 rings (SSSR count). The second-order valence-corrected chi connectivity index (χ2v) is 7.78. The standard InChI is InChI=1S/C25H31N3O3/c1-6-17(4)19-9-12-21(13-10-19)26-24(29)16-28-18(5)27(7-2)22-14-11-20(15-23(22)28)25(30)31-8-3/h9-15,17H,6-8,16H2,1-5H3/p+1/t17-/m0/s1. The number of aryl methyl sites for hydroxylation is 1. The van der Waals surface area contributed by atoms with Crippen molar-refractivity contribution in [1.82, 2.24) is 4.57 Å². The number of nitrogens with one attached hydrogen (secondary N) is 1. The van der Waals surface area contributed by atoms with Crippen LogP contribution in [0.15, 0.2) is 42.5 Å². The van der Waals surface area contributed by atoms with Gasteiger partial charge in [-0.05, 0) is 56.0 Å². The van der Waals surface area contributed by atoms with E-state index in [1.54, 1.807) is 19.1 Å². The highest BCUT2D eigenvalue weighted by atomic mass is 16.5. The second-order valence-electron chi connectivity index (χ2n) is 7.78. The van der Waals surface area contributed by atoms with E-state index in [1.165, 1.54) is 5.56 Å². The Morgan fingerprint density at radius 3 is 2.42 bits per heavy atom. The molecule has 2 aromatic carbocycles. The number of hydrogen-bond acceptors (Lipinski definition) is 3. The van der Waals surface area contributed by atoms with Crippen LogP contribution in [0, 0.1) is 6.92 Å². The minimum absolute atomic E-state index is 0.110. The van der Waals surface area contributed by atoms with Gasteiger partial charge in [0.05, 0.1) is 18.7 Å². The van der Waals surface area contributed by atoms with E-state index in [0.29, 0.717) is 18.1 Å². The summed E-state index contributed by atoms with van der Waals surface area (Å²) < 4.78 is 9.23. The van der Waals surface area contributed by atoms with Gasteiger partial charge in [-0.1, -0.05) is 26.0 Å². The van der Waals surface area contributed by atoms with Gasteiger partial charge in [0.25, 0.3) is 11.7 Å². The topological polar surface area (TPSA) is 64.2 Å². The molecule has 6 nitrogen and oxygen atoms in total. The molecule has 0 aliphatic carbocycles. The van der Waals surface area contributed by atoms with Crippen molar-refractivity contribution in [3.05, 3.63) is 59.4 Å². The number of nitrogens with zero attached hydrogens (tertiary/aromatic N) is 2. The van der Waals surface area contributed by atoms with Gasteiger partial charge >= 0.3 is 5.97 Å². The molecule has 0 spiro atoms. The maximum Gasteiger partial charge on any atom is 0.338 e. The average Bonchev–Trinajstić information content (AvgIpc) is 3.03. The van der Waals surface area contributed by atoms with E-state index in [-0.39, 0.29) is 18.4 Å². The quantitative estimate of drug-likeness (QED) is 0.427. The predicted octanol–water partition coefficient (Wildman–Crippen LogP) is 4.59. The monoisotopic (exact) mass is 422 g/mol. The number of hydrogen-bond donors (Lipinski definition) is 1. The first kappa shape index (κ1) is 22.5. The molecule has 1 atom stereocenters. The fraction of sp³-hybridized carbons (Fsp3) is 0.400. The molecule has 0 unspecified atom stereocenters. The molecule has 6 heteroatoms. The van der Waals surface area contributed by atoms with Crippen molar-refractivity contribution in [2.45, 2.75) is 60.0 Å². The van der Waals surface area contributed by atoms with E-state index in [1.807, 2.05) is 29.7 Å². The van der Waals surface area contributed by atoms with Crippen LogP contribution in [-0.4, -0.2) is 23.1 Å². The largest absolute Gasteiger partial charge is 0.462 e. The van der Waals surface area contributed by atoms with E-state index >= 15 is 0 Å². The molecule has 0 radical (unpaired) electrons. The van der Waals surface area contributed by atoms with Gasteiger partial charge in [-0.25, -0.2) is 13.9 Å². The Morgan fingerprint density at radius 1 is 1.10 bits per heavy atom. The van der Waals surface area contributed by atoms with Crippen molar-refractivity contribution < 1.29 is 18.9 Å². The van der Waals surface area contributed by atoms with Crippen LogP contribution in [0.25, 0.3) is 11.0 Å². The summed E-state index contributed by atoms with van der Waals surface area (Å²) in [5.74, 6) is 0.988. The molecular weight excluding hydrogens is 390 g/mol. The molecule has 1 heterocycles. The van der Waals surface area contributed by atoms with Crippen molar-refractivity contribution in [3.63, 3.8) is 0 Å². The number of aromatic nitrogens is 2. The number of fused-ring (bicyclic) bond motifs is 1. The highest BCUT2D eigenvalue weighted by Gasteiger charge is 2.24. The van der Waals surface area contributed by atoms with E-state index in [9.17, 15) is 9.59 Å². The first-order valence-corrected chi connectivity index (χ1v) is 11.0. The third-order valence-electron chi connectivity index (χ3n) is 5.84. The molecular formula is C25H32N3O3+. The molecule has 0 saturated heterocycles. The van der Waals surface area contributed by atoms with Crippen LogP contribution in [0.2, 0.25) is 0 Å². The zero-order chi connectivity index (χ0) is 22.5. The Bertz CT molecular complexity index is 1080. The van der Waals surface area contributed by atoms with Crippen LogP contribution in [-0.2, 0) is 22.6 Å². The highest BCUT2D eigenvalue weighted by Crippen LogP contribution is 2.21. The van der Waals surface area contributed by atoms with Crippen molar-refractivity contribution in [2.75, 3.05) is 11.9 Å². The van der Waals surface area contributed by atoms with Crippen molar-refractivity contribution in [3.8, 4) is 0 Å². The molecule has 1 N–H and O–H groups in total. The van der Waals surface area contributed by atoms with Gasteiger partial charge in [0.2, 0.25) is 0 Å². The summed E-state index contributed by atoms with van der Waals surface area (Å²) in [6, 6.07) is 13.5. The smallest absolute Gasteiger partial charge is 0.338 e. The van der Waals surface area contributed by atoms with Crippen LogP contribution >= 0.6 is 0 Å². The molecule has 3 aromatic rings. The lowest BCUT2D eigenvalue weighted by Crippen LogP contribution is -2.35. The summed E-state index contributed by atoms with van der Waals surface area (Å²) in [6.45, 7) is 11.5. The number of amides is 1. The first-order valence-electron chi connectivity index (χ1n) is 11.0. The molecule has 0 saturated carbocycles. The summed E-state index contributed by atoms with van der Waals surface area (Å²) in [5.41, 5.74) is 4.35. The third-order valence-corrected chi connectivity index (χ3v) is 5.84. The van der Waals surface area contributed by atoms with Gasteiger partial charge in [0, 0.05) is 18.7 Å². The normalized spacial score (nSPS) is 12.0. The number of rotatable bonds is 8. The van der Waals surface area contributed by atoms with Crippen LogP contribution < -0.4 is 9.88 Å². The van der Waals surface area contributed by atoms with Gasteiger partial charge in [-0.3, -0.25) is 4.79 Å². The SMILES string of the molecule is CCOC(=O)c1ccc2c(c1)n(CC(=O)Nc1ccc([C@@H](C)CC)cc1)c(C)[n+]2CC. The molecule has 0 aliphatic heterocycles. The van der Waals surface area contributed by atoms with E-state index in [2.05, 4.69) is 42.8 Å². The van der Waals surface area contributed by atoms with Crippen molar-refractivity contribution in [1.29, 1.82) is 0 Å². The fourth-order valence-corrected chi connectivity index (χ4v) is 3.88. The van der Waals surface area contributed by atoms with Gasteiger partial charge in [0.15, 0.2) is 17.6 Å². The van der Waals surface area contributed by atoms with E-state index in [0.717, 1.165) is 35.5 Å². The Labute approximate surface area is 183 Å². The summed E-state index contributed by atoms with van der Waals surface area (Å²) in [4.78, 5) is 25.0. The van der Waals surface area contributed by atoms with Crippen LogP contribution in [0.3, 0.4) is 0 Å². The Kier molecular flexibility index (Phi) is 7.10. The number of carbonyl (C=O) groups is 2. The summed E-state index contributed by atoms with van der Waals surface area (Å²) >= 11 is 0. The maximum absolute atomic E-state index is 12.8. The molecule has 31 heavy (non-hydrogen) atoms. The number of ether oxygens (including phenoxy) is 1. The number of carbonyl (C=O) groups excluding carboxylic acids is 2. The van der Waals surface area contributed by atoms with Crippen molar-refractivity contribution >= 4 is 28.6 Å². The average molecular weight is 423 g/mol. The first-order chi connectivity index (χ1) is 14.9. The van der Waals surface area contributed by atoms with Crippen LogP contribution in [0.1, 0.15) is 61.8 Å². The van der Waals surface area contributed by atoms with Gasteiger partial charge in [0.1, 0.15) is 0 Å². The van der Waals surface area contributed by atoms with Gasteiger partial charge < -0.3 is 10.1 Å². The van der Waals surface area contributed by atoms with Crippen molar-refractivity contribution in [2.24, 2.45) is 0 Å². The molecule has 0 aliphatic rings. The molecule has 1 aromatic heterocycles. The fourth-order valence-electron chi connectivity index (χ4n) is 3.88. The van der Waals surface area contributed by atoms with E-state index < -0.39 is 0 Å². The summed E-state index contributed by atoms with van der Waals surface area (Å²) in [7, 11) is 0. The zero-order valence-corrected chi connectivity index (χ0v) is 19.1. The molecule has 0 bridgehead atoms. The molecule has 1 amide bonds. The van der Waals surface area contributed by atoms with Gasteiger partial charge in [-0.2, -0.15) is 0 Å². The molecule has 0 fully saturated rings. The lowest BCUT2D eigenvalue weighted by atomic mass is 9.99. The summed E-state index contributed by atoms with van der Waals surface area (Å²) in [5, 5.41) is 2.99. The molecule has 164 valence electrons. The van der Waals surface area contributed by atoms with Crippen LogP contribution in [0.4, 0.5) is 5.69 Å². The lowest BCUT2D eigenvalue weighted by molar-refractivity contribution is -0.674. The minimum Gasteiger partial charge on any atom is -0.462 e. The maximum atomic E-state index is 12.8. The number of benzene rings is 2. The Hall–Kier alpha value is -3.15. The Morgan fingerprint density at radius 2 is 1.81 bits per heavy atom. The highest BCUT2D eigenvalue weighted by molar-refractivity contribution is 5.94. The van der Waals surface area contributed by atoms with E-state index in [4.69, 9.17) is 4.74 Å². The summed E-state index contributed by atoms with van der Waals surface area (Å²) in [6.07, 6.45) is 1.08. The van der Waals surface area contributed by atoms with Gasteiger partial charge in [-0.15, -0.1) is 0 Å². The van der Waals surface area contributed by atoms with Crippen LogP contribution in [0.5, 0.6) is 0 Å². The minimum atomic E-state index is -0.358. The number of imidazole rings is 1.